The zero-order valence-corrected chi connectivity index (χ0v) is 5.46. The number of aliphatic carboxylic acids is 1. The number of nitrogens with one attached hydrogen (secondary N) is 1. The van der Waals surface area contributed by atoms with Crippen LogP contribution in [0.25, 0.3) is 0 Å². The van der Waals surface area contributed by atoms with Crippen molar-refractivity contribution in [1.82, 2.24) is 5.32 Å². The lowest BCUT2D eigenvalue weighted by molar-refractivity contribution is -0.141. The minimum Gasteiger partial charge on any atom is -0.481 e. The fourth-order valence-electron chi connectivity index (χ4n) is 0.810. The molecule has 0 spiro atoms. The number of carboxylic acid groups (broad SMARTS) is 1. The maximum atomic E-state index is 10.8. The monoisotopic (exact) mass is 143 g/mol. The summed E-state index contributed by atoms with van der Waals surface area (Å²) in [6.07, 6.45) is -0.327. The molecule has 56 valence electrons. The van der Waals surface area contributed by atoms with E-state index in [9.17, 15) is 9.59 Å². The van der Waals surface area contributed by atoms with Crippen LogP contribution in [0.4, 0.5) is 0 Å². The van der Waals surface area contributed by atoms with Crippen molar-refractivity contribution < 1.29 is 14.7 Å². The molecule has 0 aliphatic carbocycles. The SMILES string of the molecule is O=C(O)CC(=O)C1CNC1. The average molecular weight is 143 g/mol. The second-order valence-corrected chi connectivity index (χ2v) is 2.39. The Hall–Kier alpha value is -0.900. The first-order chi connectivity index (χ1) is 4.70. The molecule has 0 unspecified atom stereocenters. The molecule has 0 aromatic heterocycles. The second kappa shape index (κ2) is 2.79. The average Bonchev–Trinajstić information content (AvgIpc) is 1.55. The van der Waals surface area contributed by atoms with E-state index in [1.165, 1.54) is 0 Å². The van der Waals surface area contributed by atoms with Crippen LogP contribution in [0.3, 0.4) is 0 Å². The molecule has 1 aliphatic heterocycles. The third kappa shape index (κ3) is 1.54. The molecule has 0 saturated carbocycles. The Morgan fingerprint density at radius 2 is 2.10 bits per heavy atom. The third-order valence-electron chi connectivity index (χ3n) is 1.56. The molecule has 4 heteroatoms. The molecule has 0 aromatic rings. The Labute approximate surface area is 58.2 Å². The number of carboxylic acids is 1. The van der Waals surface area contributed by atoms with Gasteiger partial charge in [-0.1, -0.05) is 0 Å². The van der Waals surface area contributed by atoms with Gasteiger partial charge in [-0.15, -0.1) is 0 Å². The topological polar surface area (TPSA) is 66.4 Å². The van der Waals surface area contributed by atoms with Gasteiger partial charge in [-0.2, -0.15) is 0 Å². The molecule has 1 saturated heterocycles. The fraction of sp³-hybridized carbons (Fsp3) is 0.667. The van der Waals surface area contributed by atoms with Crippen LogP contribution in [-0.2, 0) is 9.59 Å². The van der Waals surface area contributed by atoms with Gasteiger partial charge in [0.05, 0.1) is 0 Å². The Balaban J connectivity index is 2.27. The summed E-state index contributed by atoms with van der Waals surface area (Å²) < 4.78 is 0. The Morgan fingerprint density at radius 3 is 2.40 bits per heavy atom. The molecule has 1 heterocycles. The predicted molar refractivity (Wildman–Crippen MR) is 33.6 cm³/mol. The van der Waals surface area contributed by atoms with Crippen LogP contribution in [0.1, 0.15) is 6.42 Å². The van der Waals surface area contributed by atoms with Crippen molar-refractivity contribution in [3.63, 3.8) is 0 Å². The molecule has 2 N–H and O–H groups in total. The number of Topliss-reactive ketones (excluding diaryl/α,β-unsaturated/α-hetero) is 1. The Kier molecular flexibility index (Phi) is 2.01. The number of rotatable bonds is 3. The van der Waals surface area contributed by atoms with Crippen LogP contribution in [0, 0.1) is 5.92 Å². The molecular weight excluding hydrogens is 134 g/mol. The third-order valence-corrected chi connectivity index (χ3v) is 1.56. The van der Waals surface area contributed by atoms with Gasteiger partial charge in [0.1, 0.15) is 12.2 Å². The molecule has 1 rings (SSSR count). The lowest BCUT2D eigenvalue weighted by Crippen LogP contribution is -2.46. The van der Waals surface area contributed by atoms with Crippen LogP contribution >= 0.6 is 0 Å². The highest BCUT2D eigenvalue weighted by atomic mass is 16.4. The summed E-state index contributed by atoms with van der Waals surface area (Å²) in [7, 11) is 0. The first-order valence-electron chi connectivity index (χ1n) is 3.15. The summed E-state index contributed by atoms with van der Waals surface area (Å²) in [6.45, 7) is 1.29. The molecule has 0 aromatic carbocycles. The van der Waals surface area contributed by atoms with Crippen LogP contribution < -0.4 is 5.32 Å². The van der Waals surface area contributed by atoms with Gasteiger partial charge in [-0.05, 0) is 0 Å². The molecule has 4 nitrogen and oxygen atoms in total. The van der Waals surface area contributed by atoms with Crippen molar-refractivity contribution in [2.24, 2.45) is 5.92 Å². The number of carbonyl (C=O) groups is 2. The van der Waals surface area contributed by atoms with Crippen molar-refractivity contribution in [3.05, 3.63) is 0 Å². The van der Waals surface area contributed by atoms with Crippen LogP contribution in [0.5, 0.6) is 0 Å². The Bertz CT molecular complexity index is 162. The molecule has 1 aliphatic rings. The Morgan fingerprint density at radius 1 is 1.50 bits per heavy atom. The molecule has 0 bridgehead atoms. The summed E-state index contributed by atoms with van der Waals surface area (Å²) >= 11 is 0. The minimum atomic E-state index is -1.03. The summed E-state index contributed by atoms with van der Waals surface area (Å²) in [5.41, 5.74) is 0. The van der Waals surface area contributed by atoms with Crippen LogP contribution in [-0.4, -0.2) is 29.9 Å². The van der Waals surface area contributed by atoms with E-state index in [0.29, 0.717) is 13.1 Å². The van der Waals surface area contributed by atoms with Crippen molar-refractivity contribution >= 4 is 11.8 Å². The van der Waals surface area contributed by atoms with Crippen molar-refractivity contribution in [3.8, 4) is 0 Å². The van der Waals surface area contributed by atoms with E-state index < -0.39 is 5.97 Å². The van der Waals surface area contributed by atoms with Gasteiger partial charge in [0, 0.05) is 19.0 Å². The van der Waals surface area contributed by atoms with E-state index in [-0.39, 0.29) is 18.1 Å². The van der Waals surface area contributed by atoms with E-state index in [2.05, 4.69) is 5.32 Å². The molecule has 0 amide bonds. The molecular formula is C6H9NO3. The van der Waals surface area contributed by atoms with E-state index in [1.54, 1.807) is 0 Å². The number of hydrogen-bond acceptors (Lipinski definition) is 3. The number of carbonyl (C=O) groups excluding carboxylic acids is 1. The second-order valence-electron chi connectivity index (χ2n) is 2.39. The van der Waals surface area contributed by atoms with E-state index >= 15 is 0 Å². The van der Waals surface area contributed by atoms with Crippen LogP contribution in [0.15, 0.2) is 0 Å². The van der Waals surface area contributed by atoms with Gasteiger partial charge >= 0.3 is 5.97 Å². The molecule has 1 fully saturated rings. The maximum Gasteiger partial charge on any atom is 0.310 e. The summed E-state index contributed by atoms with van der Waals surface area (Å²) in [6, 6.07) is 0. The normalized spacial score (nSPS) is 18.0. The smallest absolute Gasteiger partial charge is 0.310 e. The van der Waals surface area contributed by atoms with Gasteiger partial charge in [0.25, 0.3) is 0 Å². The fourth-order valence-corrected chi connectivity index (χ4v) is 0.810. The van der Waals surface area contributed by atoms with Crippen LogP contribution in [0.2, 0.25) is 0 Å². The highest BCUT2D eigenvalue weighted by molar-refractivity contribution is 5.96. The van der Waals surface area contributed by atoms with Crippen molar-refractivity contribution in [2.75, 3.05) is 13.1 Å². The van der Waals surface area contributed by atoms with E-state index in [0.717, 1.165) is 0 Å². The first kappa shape index (κ1) is 7.21. The van der Waals surface area contributed by atoms with Gasteiger partial charge in [-0.3, -0.25) is 9.59 Å². The van der Waals surface area contributed by atoms with Gasteiger partial charge in [0.2, 0.25) is 0 Å². The standard InChI is InChI=1S/C6H9NO3/c8-5(1-6(9)10)4-2-7-3-4/h4,7H,1-3H2,(H,9,10). The maximum absolute atomic E-state index is 10.8. The largest absolute Gasteiger partial charge is 0.481 e. The molecule has 0 atom stereocenters. The van der Waals surface area contributed by atoms with Gasteiger partial charge in [0.15, 0.2) is 0 Å². The lowest BCUT2D eigenvalue weighted by atomic mass is 9.96. The van der Waals surface area contributed by atoms with E-state index in [1.807, 2.05) is 0 Å². The zero-order chi connectivity index (χ0) is 7.56. The lowest BCUT2D eigenvalue weighted by Gasteiger charge is -2.24. The van der Waals surface area contributed by atoms with Gasteiger partial charge < -0.3 is 10.4 Å². The molecule has 0 radical (unpaired) electrons. The summed E-state index contributed by atoms with van der Waals surface area (Å²) in [5.74, 6) is -1.24. The van der Waals surface area contributed by atoms with E-state index in [4.69, 9.17) is 5.11 Å². The highest BCUT2D eigenvalue weighted by Gasteiger charge is 2.25. The quantitative estimate of drug-likeness (QED) is 0.510. The molecule has 10 heavy (non-hydrogen) atoms. The number of hydrogen-bond donors (Lipinski definition) is 2. The van der Waals surface area contributed by atoms with Crippen molar-refractivity contribution in [2.45, 2.75) is 6.42 Å². The zero-order valence-electron chi connectivity index (χ0n) is 5.46. The summed E-state index contributed by atoms with van der Waals surface area (Å²) in [5, 5.41) is 11.1. The first-order valence-corrected chi connectivity index (χ1v) is 3.15. The summed E-state index contributed by atoms with van der Waals surface area (Å²) in [4.78, 5) is 20.8. The number of ketones is 1. The highest BCUT2D eigenvalue weighted by Crippen LogP contribution is 2.06. The minimum absolute atomic E-state index is 0.0453. The van der Waals surface area contributed by atoms with Crippen molar-refractivity contribution in [1.29, 1.82) is 0 Å². The van der Waals surface area contributed by atoms with Gasteiger partial charge in [-0.25, -0.2) is 0 Å². The predicted octanol–water partition coefficient (Wildman–Crippen LogP) is -0.750.